The van der Waals surface area contributed by atoms with Gasteiger partial charge in [0.1, 0.15) is 0 Å². The summed E-state index contributed by atoms with van der Waals surface area (Å²) >= 11 is 0. The zero-order valence-electron chi connectivity index (χ0n) is 12.3. The predicted octanol–water partition coefficient (Wildman–Crippen LogP) is 3.43. The number of ketones is 1. The maximum absolute atomic E-state index is 12.4. The van der Waals surface area contributed by atoms with Gasteiger partial charge in [0, 0.05) is 43.1 Å². The number of benzene rings is 2. The number of carbonyl (C=O) groups excluding carboxylic acids is 1. The van der Waals surface area contributed by atoms with E-state index >= 15 is 0 Å². The molecule has 1 saturated heterocycles. The molecule has 0 aromatic heterocycles. The monoisotopic (exact) mass is 299 g/mol. The van der Waals surface area contributed by atoms with Crippen LogP contribution in [-0.4, -0.2) is 47.7 Å². The fourth-order valence-electron chi connectivity index (χ4n) is 2.72. The molecular formula is C18H21NOS. The van der Waals surface area contributed by atoms with E-state index in [2.05, 4.69) is 22.9 Å². The molecule has 2 aromatic carbocycles. The van der Waals surface area contributed by atoms with Gasteiger partial charge in [0.25, 0.3) is 0 Å². The SMILES string of the molecule is C=S1CCN(CCC(=O)c2ccc3ccccc3c2)CC1. The summed E-state index contributed by atoms with van der Waals surface area (Å²) in [7, 11) is 0.346. The molecule has 0 saturated carbocycles. The van der Waals surface area contributed by atoms with E-state index in [0.29, 0.717) is 16.9 Å². The summed E-state index contributed by atoms with van der Waals surface area (Å²) in [5.74, 6) is 6.76. The van der Waals surface area contributed by atoms with Gasteiger partial charge in [-0.05, 0) is 16.8 Å². The Morgan fingerprint density at radius 3 is 2.57 bits per heavy atom. The molecule has 1 fully saturated rings. The molecule has 2 aromatic rings. The topological polar surface area (TPSA) is 20.3 Å². The Labute approximate surface area is 128 Å². The third-order valence-corrected chi connectivity index (χ3v) is 5.64. The van der Waals surface area contributed by atoms with Crippen molar-refractivity contribution < 1.29 is 4.79 Å². The number of hydrogen-bond donors (Lipinski definition) is 0. The number of fused-ring (bicyclic) bond motifs is 1. The van der Waals surface area contributed by atoms with Gasteiger partial charge in [-0.15, -0.1) is 0 Å². The Hall–Kier alpha value is -1.45. The molecule has 0 spiro atoms. The second-order valence-corrected chi connectivity index (χ2v) is 7.64. The second kappa shape index (κ2) is 6.54. The van der Waals surface area contributed by atoms with E-state index in [9.17, 15) is 4.79 Å². The summed E-state index contributed by atoms with van der Waals surface area (Å²) < 4.78 is 0. The van der Waals surface area contributed by atoms with Crippen LogP contribution in [0, 0.1) is 0 Å². The van der Waals surface area contributed by atoms with E-state index in [-0.39, 0.29) is 5.78 Å². The van der Waals surface area contributed by atoms with Crippen molar-refractivity contribution >= 4 is 32.9 Å². The maximum atomic E-state index is 12.4. The van der Waals surface area contributed by atoms with Crippen LogP contribution in [0.2, 0.25) is 0 Å². The van der Waals surface area contributed by atoms with Crippen molar-refractivity contribution in [1.29, 1.82) is 0 Å². The first-order valence-corrected chi connectivity index (χ1v) is 9.17. The smallest absolute Gasteiger partial charge is 0.164 e. The lowest BCUT2D eigenvalue weighted by atomic mass is 10.0. The van der Waals surface area contributed by atoms with Crippen LogP contribution in [0.25, 0.3) is 10.8 Å². The van der Waals surface area contributed by atoms with Crippen LogP contribution < -0.4 is 0 Å². The first-order valence-electron chi connectivity index (χ1n) is 7.44. The molecule has 0 bridgehead atoms. The molecule has 110 valence electrons. The van der Waals surface area contributed by atoms with Gasteiger partial charge >= 0.3 is 0 Å². The highest BCUT2D eigenvalue weighted by Crippen LogP contribution is 2.18. The van der Waals surface area contributed by atoms with Crippen molar-refractivity contribution in [2.45, 2.75) is 6.42 Å². The molecule has 21 heavy (non-hydrogen) atoms. The molecular weight excluding hydrogens is 278 g/mol. The van der Waals surface area contributed by atoms with Crippen molar-refractivity contribution in [1.82, 2.24) is 4.90 Å². The number of carbonyl (C=O) groups is 1. The number of rotatable bonds is 4. The van der Waals surface area contributed by atoms with E-state index < -0.39 is 0 Å². The Morgan fingerprint density at radius 2 is 1.81 bits per heavy atom. The Kier molecular flexibility index (Phi) is 4.51. The van der Waals surface area contributed by atoms with Crippen LogP contribution in [0.4, 0.5) is 0 Å². The van der Waals surface area contributed by atoms with E-state index in [1.54, 1.807) is 0 Å². The van der Waals surface area contributed by atoms with Crippen molar-refractivity contribution in [3.8, 4) is 0 Å². The molecule has 0 atom stereocenters. The second-order valence-electron chi connectivity index (χ2n) is 5.60. The highest BCUT2D eigenvalue weighted by atomic mass is 32.2. The van der Waals surface area contributed by atoms with E-state index in [1.807, 2.05) is 30.3 Å². The van der Waals surface area contributed by atoms with E-state index in [4.69, 9.17) is 0 Å². The zero-order valence-corrected chi connectivity index (χ0v) is 13.1. The molecule has 0 N–H and O–H groups in total. The summed E-state index contributed by atoms with van der Waals surface area (Å²) in [5.41, 5.74) is 0.836. The number of hydrogen-bond acceptors (Lipinski definition) is 2. The van der Waals surface area contributed by atoms with Gasteiger partial charge in [0.2, 0.25) is 0 Å². The van der Waals surface area contributed by atoms with Gasteiger partial charge < -0.3 is 4.90 Å². The number of nitrogens with zero attached hydrogens (tertiary/aromatic N) is 1. The predicted molar refractivity (Wildman–Crippen MR) is 93.8 cm³/mol. The molecule has 1 heterocycles. The minimum absolute atomic E-state index is 0.250. The first-order chi connectivity index (χ1) is 10.2. The highest BCUT2D eigenvalue weighted by Gasteiger charge is 2.14. The van der Waals surface area contributed by atoms with Crippen molar-refractivity contribution in [3.63, 3.8) is 0 Å². The first kappa shape index (κ1) is 14.5. The highest BCUT2D eigenvalue weighted by molar-refractivity contribution is 8.14. The molecule has 1 aliphatic heterocycles. The van der Waals surface area contributed by atoms with Crippen LogP contribution in [0.5, 0.6) is 0 Å². The third kappa shape index (κ3) is 3.60. The fourth-order valence-corrected chi connectivity index (χ4v) is 3.96. The molecule has 3 rings (SSSR count). The lowest BCUT2D eigenvalue weighted by molar-refractivity contribution is 0.0966. The maximum Gasteiger partial charge on any atom is 0.164 e. The molecule has 0 aliphatic carbocycles. The zero-order chi connectivity index (χ0) is 14.7. The van der Waals surface area contributed by atoms with Crippen LogP contribution in [0.1, 0.15) is 16.8 Å². The summed E-state index contributed by atoms with van der Waals surface area (Å²) in [5, 5.41) is 2.33. The normalized spacial score (nSPS) is 17.1. The van der Waals surface area contributed by atoms with Crippen LogP contribution in [0.15, 0.2) is 42.5 Å². The number of Topliss-reactive ketones (excluding diaryl/α,β-unsaturated/α-hetero) is 1. The molecule has 0 unspecified atom stereocenters. The summed E-state index contributed by atoms with van der Waals surface area (Å²) in [6, 6.07) is 14.2. The van der Waals surface area contributed by atoms with Gasteiger partial charge in [-0.1, -0.05) is 42.3 Å². The van der Waals surface area contributed by atoms with Gasteiger partial charge in [0.05, 0.1) is 0 Å². The third-order valence-electron chi connectivity index (χ3n) is 4.12. The minimum Gasteiger partial charge on any atom is -0.301 e. The summed E-state index contributed by atoms with van der Waals surface area (Å²) in [6.45, 7) is 3.07. The molecule has 0 amide bonds. The van der Waals surface area contributed by atoms with Crippen LogP contribution >= 0.6 is 10.5 Å². The summed E-state index contributed by atoms with van der Waals surface area (Å²) in [4.78, 5) is 14.8. The van der Waals surface area contributed by atoms with Gasteiger partial charge in [-0.3, -0.25) is 4.79 Å². The molecule has 0 radical (unpaired) electrons. The Morgan fingerprint density at radius 1 is 1.10 bits per heavy atom. The largest absolute Gasteiger partial charge is 0.301 e. The van der Waals surface area contributed by atoms with Crippen molar-refractivity contribution in [2.24, 2.45) is 0 Å². The van der Waals surface area contributed by atoms with Gasteiger partial charge in [-0.2, -0.15) is 10.5 Å². The van der Waals surface area contributed by atoms with Crippen LogP contribution in [0.3, 0.4) is 0 Å². The Balaban J connectivity index is 1.62. The van der Waals surface area contributed by atoms with E-state index in [0.717, 1.165) is 30.6 Å². The molecule has 1 aliphatic rings. The van der Waals surface area contributed by atoms with Crippen molar-refractivity contribution in [3.05, 3.63) is 48.0 Å². The Bertz CT molecular complexity index is 670. The molecule has 2 nitrogen and oxygen atoms in total. The lowest BCUT2D eigenvalue weighted by Gasteiger charge is -2.28. The average Bonchev–Trinajstić information content (AvgIpc) is 2.53. The fraction of sp³-hybridized carbons (Fsp3) is 0.333. The van der Waals surface area contributed by atoms with Gasteiger partial charge in [-0.25, -0.2) is 0 Å². The standard InChI is InChI=1S/C18H21NOS/c1-21-12-10-19(11-13-21)9-8-18(20)17-7-6-15-4-2-3-5-16(15)14-17/h2-7,14H,1,8-13H2. The summed E-state index contributed by atoms with van der Waals surface area (Å²) in [6.07, 6.45) is 0.614. The quantitative estimate of drug-likeness (QED) is 0.637. The molecule has 3 heteroatoms. The van der Waals surface area contributed by atoms with Crippen LogP contribution in [-0.2, 0) is 0 Å². The average molecular weight is 299 g/mol. The van der Waals surface area contributed by atoms with Gasteiger partial charge in [0.15, 0.2) is 5.78 Å². The van der Waals surface area contributed by atoms with E-state index in [1.165, 1.54) is 16.9 Å². The minimum atomic E-state index is 0.250. The lowest BCUT2D eigenvalue weighted by Crippen LogP contribution is -2.35. The van der Waals surface area contributed by atoms with Crippen molar-refractivity contribution in [2.75, 3.05) is 31.1 Å².